The zero-order valence-corrected chi connectivity index (χ0v) is 19.4. The minimum Gasteiger partial charge on any atom is -0.444 e. The van der Waals surface area contributed by atoms with Gasteiger partial charge in [-0.3, -0.25) is 19.8 Å². The molecular formula is C23H23FN4O5S. The number of aromatic nitrogens is 1. The minimum absolute atomic E-state index is 0.0357. The number of carbonyl (C=O) groups excluding carboxylic acids is 2. The molecule has 0 unspecified atom stereocenters. The van der Waals surface area contributed by atoms with Crippen LogP contribution in [-0.2, 0) is 14.8 Å². The van der Waals surface area contributed by atoms with E-state index >= 15 is 0 Å². The van der Waals surface area contributed by atoms with Crippen LogP contribution in [0.2, 0.25) is 0 Å². The van der Waals surface area contributed by atoms with Crippen LogP contribution in [0.3, 0.4) is 0 Å². The number of pyridine rings is 1. The molecule has 0 fully saturated rings. The summed E-state index contributed by atoms with van der Waals surface area (Å²) in [6.07, 6.45) is 2.07. The molecular weight excluding hydrogens is 463 g/mol. The van der Waals surface area contributed by atoms with Crippen LogP contribution in [0.15, 0.2) is 71.9 Å². The van der Waals surface area contributed by atoms with Crippen LogP contribution < -0.4 is 15.4 Å². The van der Waals surface area contributed by atoms with Gasteiger partial charge in [0.1, 0.15) is 11.4 Å². The predicted molar refractivity (Wildman–Crippen MR) is 126 cm³/mol. The Morgan fingerprint density at radius 3 is 2.18 bits per heavy atom. The second-order valence-electron chi connectivity index (χ2n) is 8.14. The second-order valence-corrected chi connectivity index (χ2v) is 9.82. The van der Waals surface area contributed by atoms with Gasteiger partial charge in [-0.25, -0.2) is 17.6 Å². The number of hydrogen-bond donors (Lipinski definition) is 3. The molecule has 0 atom stereocenters. The van der Waals surface area contributed by atoms with E-state index in [9.17, 15) is 22.4 Å². The van der Waals surface area contributed by atoms with Crippen molar-refractivity contribution in [3.8, 4) is 0 Å². The number of hydrogen-bond acceptors (Lipinski definition) is 6. The van der Waals surface area contributed by atoms with E-state index in [0.717, 1.165) is 6.07 Å². The van der Waals surface area contributed by atoms with Crippen LogP contribution in [0.5, 0.6) is 0 Å². The Bertz CT molecular complexity index is 1290. The van der Waals surface area contributed by atoms with E-state index in [2.05, 4.69) is 20.3 Å². The smallest absolute Gasteiger partial charge is 0.412 e. The highest BCUT2D eigenvalue weighted by atomic mass is 32.2. The predicted octanol–water partition coefficient (Wildman–Crippen LogP) is 4.62. The number of carbonyl (C=O) groups is 2. The summed E-state index contributed by atoms with van der Waals surface area (Å²) in [7, 11) is -3.85. The average molecular weight is 487 g/mol. The van der Waals surface area contributed by atoms with Gasteiger partial charge in [0.15, 0.2) is 0 Å². The first-order chi connectivity index (χ1) is 15.9. The van der Waals surface area contributed by atoms with Crippen LogP contribution in [0.1, 0.15) is 31.1 Å². The number of amides is 2. The summed E-state index contributed by atoms with van der Waals surface area (Å²) in [4.78, 5) is 28.3. The minimum atomic E-state index is -3.85. The number of halogens is 1. The molecule has 9 nitrogen and oxygen atoms in total. The zero-order valence-electron chi connectivity index (χ0n) is 18.6. The molecule has 0 aliphatic carbocycles. The Morgan fingerprint density at radius 2 is 1.56 bits per heavy atom. The molecule has 2 amide bonds. The molecule has 0 aliphatic rings. The van der Waals surface area contributed by atoms with E-state index in [0.29, 0.717) is 5.69 Å². The number of anilines is 3. The first kappa shape index (κ1) is 24.6. The first-order valence-corrected chi connectivity index (χ1v) is 11.6. The highest BCUT2D eigenvalue weighted by Gasteiger charge is 2.18. The van der Waals surface area contributed by atoms with Crippen molar-refractivity contribution in [1.82, 2.24) is 4.98 Å². The number of nitrogens with one attached hydrogen (secondary N) is 3. The fourth-order valence-corrected chi connectivity index (χ4v) is 3.79. The topological polar surface area (TPSA) is 126 Å². The van der Waals surface area contributed by atoms with Gasteiger partial charge >= 0.3 is 6.09 Å². The van der Waals surface area contributed by atoms with Crippen molar-refractivity contribution in [1.29, 1.82) is 0 Å². The standard InChI is InChI=1S/C23H23FN4O5S/c1-23(2,3)33-22(30)27-20-14-17(6-9-19(20)24)26-21(29)15-4-7-18(8-5-15)34(31,32)28-16-10-12-25-13-11-16/h4-14H,1-3H3,(H,25,28)(H,26,29)(H,27,30). The fraction of sp³-hybridized carbons (Fsp3) is 0.174. The van der Waals surface area contributed by atoms with Crippen LogP contribution in [0, 0.1) is 5.82 Å². The molecule has 0 saturated carbocycles. The summed E-state index contributed by atoms with van der Waals surface area (Å²) >= 11 is 0. The van der Waals surface area contributed by atoms with Gasteiger partial charge < -0.3 is 10.1 Å². The maximum absolute atomic E-state index is 14.1. The van der Waals surface area contributed by atoms with Gasteiger partial charge in [0.25, 0.3) is 15.9 Å². The van der Waals surface area contributed by atoms with Crippen molar-refractivity contribution in [2.24, 2.45) is 0 Å². The molecule has 3 aromatic rings. The van der Waals surface area contributed by atoms with Gasteiger partial charge in [0.2, 0.25) is 0 Å². The average Bonchev–Trinajstić information content (AvgIpc) is 2.75. The van der Waals surface area contributed by atoms with E-state index in [-0.39, 0.29) is 21.8 Å². The van der Waals surface area contributed by atoms with E-state index in [1.807, 2.05) is 0 Å². The quantitative estimate of drug-likeness (QED) is 0.467. The molecule has 34 heavy (non-hydrogen) atoms. The third-order valence-electron chi connectivity index (χ3n) is 4.22. The third-order valence-corrected chi connectivity index (χ3v) is 5.62. The lowest BCUT2D eigenvalue weighted by atomic mass is 10.2. The molecule has 178 valence electrons. The fourth-order valence-electron chi connectivity index (χ4n) is 2.74. The summed E-state index contributed by atoms with van der Waals surface area (Å²) in [6, 6.07) is 11.9. The molecule has 1 heterocycles. The summed E-state index contributed by atoms with van der Waals surface area (Å²) in [6.45, 7) is 5.02. The number of nitrogens with zero attached hydrogens (tertiary/aromatic N) is 1. The van der Waals surface area contributed by atoms with Gasteiger partial charge in [-0.05, 0) is 75.4 Å². The van der Waals surface area contributed by atoms with Crippen LogP contribution in [-0.4, -0.2) is 31.0 Å². The van der Waals surface area contributed by atoms with Crippen molar-refractivity contribution in [2.45, 2.75) is 31.3 Å². The molecule has 0 spiro atoms. The van der Waals surface area contributed by atoms with Crippen molar-refractivity contribution >= 4 is 39.1 Å². The molecule has 0 saturated heterocycles. The molecule has 0 radical (unpaired) electrons. The zero-order chi connectivity index (χ0) is 24.9. The molecule has 0 aliphatic heterocycles. The van der Waals surface area contributed by atoms with Gasteiger partial charge in [-0.2, -0.15) is 0 Å². The summed E-state index contributed by atoms with van der Waals surface area (Å²) in [5, 5.41) is 4.87. The molecule has 1 aromatic heterocycles. The van der Waals surface area contributed by atoms with E-state index in [4.69, 9.17) is 4.74 Å². The van der Waals surface area contributed by atoms with Crippen LogP contribution >= 0.6 is 0 Å². The largest absolute Gasteiger partial charge is 0.444 e. The Hall–Kier alpha value is -3.99. The van der Waals surface area contributed by atoms with Gasteiger partial charge in [0, 0.05) is 23.6 Å². The van der Waals surface area contributed by atoms with Crippen molar-refractivity contribution < 1.29 is 27.1 Å². The van der Waals surface area contributed by atoms with Gasteiger partial charge in [0.05, 0.1) is 16.3 Å². The highest BCUT2D eigenvalue weighted by molar-refractivity contribution is 7.92. The number of ether oxygens (including phenoxy) is 1. The molecule has 3 N–H and O–H groups in total. The monoisotopic (exact) mass is 486 g/mol. The number of sulfonamides is 1. The Morgan fingerprint density at radius 1 is 0.912 bits per heavy atom. The number of rotatable bonds is 6. The lowest BCUT2D eigenvalue weighted by molar-refractivity contribution is 0.0635. The van der Waals surface area contributed by atoms with E-state index in [1.165, 1.54) is 60.9 Å². The van der Waals surface area contributed by atoms with E-state index < -0.39 is 33.4 Å². The van der Waals surface area contributed by atoms with E-state index in [1.54, 1.807) is 20.8 Å². The molecule has 0 bridgehead atoms. The van der Waals surface area contributed by atoms with Gasteiger partial charge in [-0.1, -0.05) is 0 Å². The van der Waals surface area contributed by atoms with Gasteiger partial charge in [-0.15, -0.1) is 0 Å². The normalized spacial score (nSPS) is 11.4. The summed E-state index contributed by atoms with van der Waals surface area (Å²) < 4.78 is 46.6. The lowest BCUT2D eigenvalue weighted by Gasteiger charge is -2.20. The Balaban J connectivity index is 1.69. The van der Waals surface area contributed by atoms with Crippen LogP contribution in [0.25, 0.3) is 0 Å². The van der Waals surface area contributed by atoms with Crippen molar-refractivity contribution in [3.63, 3.8) is 0 Å². The molecule has 11 heteroatoms. The van der Waals surface area contributed by atoms with Crippen molar-refractivity contribution in [2.75, 3.05) is 15.4 Å². The Labute approximate surface area is 196 Å². The number of benzene rings is 2. The highest BCUT2D eigenvalue weighted by Crippen LogP contribution is 2.22. The van der Waals surface area contributed by atoms with Crippen molar-refractivity contribution in [3.05, 3.63) is 78.4 Å². The Kier molecular flexibility index (Phi) is 7.16. The molecule has 2 aromatic carbocycles. The maximum atomic E-state index is 14.1. The summed E-state index contributed by atoms with van der Waals surface area (Å²) in [5.41, 5.74) is -0.193. The first-order valence-electron chi connectivity index (χ1n) is 10.1. The summed E-state index contributed by atoms with van der Waals surface area (Å²) in [5.74, 6) is -1.26. The van der Waals surface area contributed by atoms with Crippen LogP contribution in [0.4, 0.5) is 26.2 Å². The SMILES string of the molecule is CC(C)(C)OC(=O)Nc1cc(NC(=O)c2ccc(S(=O)(=O)Nc3ccncc3)cc2)ccc1F. The maximum Gasteiger partial charge on any atom is 0.412 e. The second kappa shape index (κ2) is 9.87. The third kappa shape index (κ3) is 6.75. The lowest BCUT2D eigenvalue weighted by Crippen LogP contribution is -2.27. The molecule has 3 rings (SSSR count).